The van der Waals surface area contributed by atoms with Crippen molar-refractivity contribution in [3.05, 3.63) is 64.7 Å². The Morgan fingerprint density at radius 1 is 1.14 bits per heavy atom. The Hall–Kier alpha value is -2.66. The molecule has 2 aromatic rings. The van der Waals surface area contributed by atoms with Crippen molar-refractivity contribution in [1.82, 2.24) is 4.90 Å². The molecule has 0 atom stereocenters. The molecule has 2 aliphatic rings. The molecule has 1 N–H and O–H groups in total. The second-order valence-electron chi connectivity index (χ2n) is 7.82. The SMILES string of the molecule is Cc1cccc(NC(=O)CN2C(=O)C(c3ccc(Cl)cc3)=NC23CCCCC3)c1. The number of aryl methyl sites for hydroxylation is 1. The third kappa shape index (κ3) is 4.06. The van der Waals surface area contributed by atoms with Crippen LogP contribution in [0, 0.1) is 6.92 Å². The maximum atomic E-state index is 13.3. The highest BCUT2D eigenvalue weighted by Gasteiger charge is 2.48. The minimum absolute atomic E-state index is 0.00658. The molecule has 1 aliphatic carbocycles. The number of carbonyl (C=O) groups is 2. The molecule has 1 fully saturated rings. The van der Waals surface area contributed by atoms with Gasteiger partial charge in [-0.15, -0.1) is 0 Å². The molecule has 2 amide bonds. The summed E-state index contributed by atoms with van der Waals surface area (Å²) < 4.78 is 0. The normalized spacial score (nSPS) is 18.1. The van der Waals surface area contributed by atoms with E-state index in [0.29, 0.717) is 10.7 Å². The minimum atomic E-state index is -0.617. The summed E-state index contributed by atoms with van der Waals surface area (Å²) in [6, 6.07) is 14.8. The van der Waals surface area contributed by atoms with E-state index in [1.807, 2.05) is 43.3 Å². The molecular formula is C23H24ClN3O2. The Kier molecular flexibility index (Phi) is 5.41. The minimum Gasteiger partial charge on any atom is -0.325 e. The summed E-state index contributed by atoms with van der Waals surface area (Å²) in [5, 5.41) is 3.53. The topological polar surface area (TPSA) is 61.8 Å². The van der Waals surface area contributed by atoms with E-state index in [4.69, 9.17) is 16.6 Å². The summed E-state index contributed by atoms with van der Waals surface area (Å²) in [4.78, 5) is 32.6. The number of nitrogens with one attached hydrogen (secondary N) is 1. The molecule has 150 valence electrons. The fraction of sp³-hybridized carbons (Fsp3) is 0.348. The van der Waals surface area contributed by atoms with Crippen LogP contribution in [-0.2, 0) is 9.59 Å². The number of rotatable bonds is 4. The van der Waals surface area contributed by atoms with E-state index in [9.17, 15) is 9.59 Å². The summed E-state index contributed by atoms with van der Waals surface area (Å²) in [5.41, 5.74) is 2.35. The summed E-state index contributed by atoms with van der Waals surface area (Å²) in [6.45, 7) is 1.97. The quantitative estimate of drug-likeness (QED) is 0.803. The summed E-state index contributed by atoms with van der Waals surface area (Å²) in [5.74, 6) is -0.393. The van der Waals surface area contributed by atoms with Crippen LogP contribution >= 0.6 is 11.6 Å². The van der Waals surface area contributed by atoms with E-state index >= 15 is 0 Å². The number of halogens is 1. The molecule has 1 saturated carbocycles. The van der Waals surface area contributed by atoms with E-state index in [2.05, 4.69) is 5.32 Å². The first-order valence-electron chi connectivity index (χ1n) is 10.0. The lowest BCUT2D eigenvalue weighted by Crippen LogP contribution is -2.51. The van der Waals surface area contributed by atoms with Gasteiger partial charge in [-0.3, -0.25) is 14.6 Å². The molecule has 4 rings (SSSR count). The van der Waals surface area contributed by atoms with E-state index in [1.54, 1.807) is 17.0 Å². The van der Waals surface area contributed by atoms with Gasteiger partial charge in [-0.1, -0.05) is 42.3 Å². The first-order valence-corrected chi connectivity index (χ1v) is 10.4. The number of carbonyl (C=O) groups excluding carboxylic acids is 2. The van der Waals surface area contributed by atoms with Gasteiger partial charge in [-0.2, -0.15) is 0 Å². The van der Waals surface area contributed by atoms with Gasteiger partial charge in [-0.05, 0) is 62.4 Å². The second-order valence-corrected chi connectivity index (χ2v) is 8.26. The Balaban J connectivity index is 1.58. The molecule has 0 radical (unpaired) electrons. The lowest BCUT2D eigenvalue weighted by Gasteiger charge is -2.38. The molecular weight excluding hydrogens is 386 g/mol. The predicted octanol–water partition coefficient (Wildman–Crippen LogP) is 4.58. The molecule has 29 heavy (non-hydrogen) atoms. The van der Waals surface area contributed by atoms with Gasteiger partial charge in [0, 0.05) is 16.3 Å². The van der Waals surface area contributed by atoms with E-state index in [0.717, 1.165) is 48.9 Å². The predicted molar refractivity (Wildman–Crippen MR) is 115 cm³/mol. The van der Waals surface area contributed by atoms with Crippen LogP contribution in [0.1, 0.15) is 43.2 Å². The van der Waals surface area contributed by atoms with Crippen molar-refractivity contribution in [1.29, 1.82) is 0 Å². The fourth-order valence-corrected chi connectivity index (χ4v) is 4.34. The zero-order valence-electron chi connectivity index (χ0n) is 16.5. The molecule has 5 nitrogen and oxygen atoms in total. The van der Waals surface area contributed by atoms with E-state index in [-0.39, 0.29) is 18.4 Å². The zero-order valence-corrected chi connectivity index (χ0v) is 17.2. The van der Waals surface area contributed by atoms with Crippen molar-refractivity contribution >= 4 is 34.8 Å². The first-order chi connectivity index (χ1) is 14.0. The number of benzene rings is 2. The van der Waals surface area contributed by atoms with Crippen molar-refractivity contribution in [3.63, 3.8) is 0 Å². The molecule has 0 unspecified atom stereocenters. The molecule has 1 heterocycles. The zero-order chi connectivity index (χ0) is 20.4. The fourth-order valence-electron chi connectivity index (χ4n) is 4.21. The lowest BCUT2D eigenvalue weighted by atomic mass is 9.88. The smallest absolute Gasteiger partial charge is 0.275 e. The third-order valence-electron chi connectivity index (χ3n) is 5.65. The molecule has 0 saturated heterocycles. The molecule has 0 aromatic heterocycles. The number of amides is 2. The first kappa shape index (κ1) is 19.6. The largest absolute Gasteiger partial charge is 0.325 e. The van der Waals surface area contributed by atoms with E-state index < -0.39 is 5.66 Å². The number of anilines is 1. The second kappa shape index (κ2) is 7.99. The lowest BCUT2D eigenvalue weighted by molar-refractivity contribution is -0.134. The van der Waals surface area contributed by atoms with Gasteiger partial charge in [0.2, 0.25) is 5.91 Å². The molecule has 1 spiro atoms. The maximum Gasteiger partial charge on any atom is 0.275 e. The van der Waals surface area contributed by atoms with Crippen LogP contribution in [0.25, 0.3) is 0 Å². The monoisotopic (exact) mass is 409 g/mol. The summed E-state index contributed by atoms with van der Waals surface area (Å²) >= 11 is 5.99. The Labute approximate surface area is 175 Å². The van der Waals surface area contributed by atoms with Gasteiger partial charge in [0.25, 0.3) is 5.91 Å². The average molecular weight is 410 g/mol. The Bertz CT molecular complexity index is 962. The third-order valence-corrected chi connectivity index (χ3v) is 5.90. The molecule has 6 heteroatoms. The van der Waals surface area contributed by atoms with Crippen LogP contribution in [0.15, 0.2) is 53.5 Å². The highest BCUT2D eigenvalue weighted by molar-refractivity contribution is 6.47. The van der Waals surface area contributed by atoms with Crippen LogP contribution in [0.5, 0.6) is 0 Å². The van der Waals surface area contributed by atoms with E-state index in [1.165, 1.54) is 0 Å². The Morgan fingerprint density at radius 3 is 2.55 bits per heavy atom. The van der Waals surface area contributed by atoms with Crippen molar-refractivity contribution in [2.24, 2.45) is 4.99 Å². The highest BCUT2D eigenvalue weighted by atomic mass is 35.5. The maximum absolute atomic E-state index is 13.3. The summed E-state index contributed by atoms with van der Waals surface area (Å²) in [6.07, 6.45) is 4.70. The van der Waals surface area contributed by atoms with Crippen molar-refractivity contribution in [2.75, 3.05) is 11.9 Å². The highest BCUT2D eigenvalue weighted by Crippen LogP contribution is 2.39. The number of nitrogens with zero attached hydrogens (tertiary/aromatic N) is 2. The van der Waals surface area contributed by atoms with Gasteiger partial charge < -0.3 is 10.2 Å². The number of hydrogen-bond donors (Lipinski definition) is 1. The van der Waals surface area contributed by atoms with Crippen LogP contribution < -0.4 is 5.32 Å². The Morgan fingerprint density at radius 2 is 1.86 bits per heavy atom. The van der Waals surface area contributed by atoms with Gasteiger partial charge in [0.05, 0.1) is 0 Å². The van der Waals surface area contributed by atoms with Crippen molar-refractivity contribution in [2.45, 2.75) is 44.7 Å². The van der Waals surface area contributed by atoms with Crippen molar-refractivity contribution < 1.29 is 9.59 Å². The van der Waals surface area contributed by atoms with Crippen LogP contribution in [-0.4, -0.2) is 34.6 Å². The molecule has 2 aromatic carbocycles. The van der Waals surface area contributed by atoms with Crippen LogP contribution in [0.3, 0.4) is 0 Å². The average Bonchev–Trinajstić information content (AvgIpc) is 2.95. The number of aliphatic imine (C=N–C) groups is 1. The molecule has 0 bridgehead atoms. The molecule has 1 aliphatic heterocycles. The van der Waals surface area contributed by atoms with Gasteiger partial charge in [-0.25, -0.2) is 0 Å². The van der Waals surface area contributed by atoms with Crippen molar-refractivity contribution in [3.8, 4) is 0 Å². The van der Waals surface area contributed by atoms with Gasteiger partial charge in [0.15, 0.2) is 0 Å². The standard InChI is InChI=1S/C23H24ClN3O2/c1-16-6-5-7-19(14-16)25-20(28)15-27-22(29)21(17-8-10-18(24)11-9-17)26-23(27)12-3-2-4-13-23/h5-11,14H,2-4,12-13,15H2,1H3,(H,25,28). The van der Waals surface area contributed by atoms with Crippen LogP contribution in [0.4, 0.5) is 5.69 Å². The van der Waals surface area contributed by atoms with Gasteiger partial charge in [0.1, 0.15) is 17.9 Å². The summed E-state index contributed by atoms with van der Waals surface area (Å²) in [7, 11) is 0. The van der Waals surface area contributed by atoms with Gasteiger partial charge >= 0.3 is 0 Å². The number of hydrogen-bond acceptors (Lipinski definition) is 3. The van der Waals surface area contributed by atoms with Crippen LogP contribution in [0.2, 0.25) is 5.02 Å².